The van der Waals surface area contributed by atoms with Gasteiger partial charge in [-0.3, -0.25) is 4.98 Å². The van der Waals surface area contributed by atoms with Crippen LogP contribution in [0.3, 0.4) is 0 Å². The summed E-state index contributed by atoms with van der Waals surface area (Å²) in [6.45, 7) is 2.14. The number of hydrogen-bond acceptors (Lipinski definition) is 5. The summed E-state index contributed by atoms with van der Waals surface area (Å²) < 4.78 is 10.9. The lowest BCUT2D eigenvalue weighted by molar-refractivity contribution is 0.269. The molecule has 0 amide bonds. The Bertz CT molecular complexity index is 458. The van der Waals surface area contributed by atoms with Crippen LogP contribution in [0.2, 0.25) is 0 Å². The standard InChI is InChI=1S/C9H8BrN3O2/c1-6-9(13-15-12-6)5-14-8-2-7(10)3-11-4-8/h2-4H,5H2,1H3. The van der Waals surface area contributed by atoms with Crippen LogP contribution in [0.4, 0.5) is 0 Å². The molecule has 0 unspecified atom stereocenters. The molecule has 0 spiro atoms. The maximum atomic E-state index is 5.46. The molecule has 0 N–H and O–H groups in total. The molecule has 2 heterocycles. The maximum Gasteiger partial charge on any atom is 0.145 e. The van der Waals surface area contributed by atoms with E-state index in [1.807, 2.05) is 13.0 Å². The Morgan fingerprint density at radius 2 is 2.27 bits per heavy atom. The van der Waals surface area contributed by atoms with Crippen LogP contribution in [-0.4, -0.2) is 15.3 Å². The highest BCUT2D eigenvalue weighted by atomic mass is 79.9. The summed E-state index contributed by atoms with van der Waals surface area (Å²) in [4.78, 5) is 3.98. The van der Waals surface area contributed by atoms with Crippen molar-refractivity contribution in [2.24, 2.45) is 0 Å². The largest absolute Gasteiger partial charge is 0.485 e. The molecule has 0 radical (unpaired) electrons. The molecule has 2 aromatic heterocycles. The summed E-state index contributed by atoms with van der Waals surface area (Å²) in [5.41, 5.74) is 1.42. The first-order valence-corrected chi connectivity index (χ1v) is 5.06. The van der Waals surface area contributed by atoms with Gasteiger partial charge in [0.15, 0.2) is 0 Å². The lowest BCUT2D eigenvalue weighted by Crippen LogP contribution is -1.97. The molecule has 0 saturated heterocycles. The molecule has 6 heteroatoms. The molecule has 2 rings (SSSR count). The van der Waals surface area contributed by atoms with Crippen LogP contribution < -0.4 is 4.74 Å². The predicted octanol–water partition coefficient (Wildman–Crippen LogP) is 2.11. The van der Waals surface area contributed by atoms with Crippen molar-refractivity contribution in [3.63, 3.8) is 0 Å². The minimum Gasteiger partial charge on any atom is -0.485 e. The lowest BCUT2D eigenvalue weighted by Gasteiger charge is -2.03. The molecule has 5 nitrogen and oxygen atoms in total. The monoisotopic (exact) mass is 269 g/mol. The van der Waals surface area contributed by atoms with Gasteiger partial charge in [0.2, 0.25) is 0 Å². The molecule has 15 heavy (non-hydrogen) atoms. The number of rotatable bonds is 3. The van der Waals surface area contributed by atoms with Crippen LogP contribution >= 0.6 is 15.9 Å². The highest BCUT2D eigenvalue weighted by Crippen LogP contribution is 2.17. The van der Waals surface area contributed by atoms with Gasteiger partial charge in [0.1, 0.15) is 23.7 Å². The van der Waals surface area contributed by atoms with Crippen LogP contribution in [0.5, 0.6) is 5.75 Å². The number of aryl methyl sites for hydroxylation is 1. The summed E-state index contributed by atoms with van der Waals surface area (Å²) >= 11 is 3.31. The third kappa shape index (κ3) is 2.53. The fourth-order valence-corrected chi connectivity index (χ4v) is 1.35. The highest BCUT2D eigenvalue weighted by Gasteiger charge is 2.05. The fourth-order valence-electron chi connectivity index (χ4n) is 1.00. The molecule has 0 atom stereocenters. The molecular formula is C9H8BrN3O2. The molecule has 0 bridgehead atoms. The van der Waals surface area contributed by atoms with Crippen molar-refractivity contribution in [1.82, 2.24) is 15.3 Å². The first-order valence-electron chi connectivity index (χ1n) is 4.27. The Morgan fingerprint density at radius 3 is 2.93 bits per heavy atom. The number of aromatic nitrogens is 3. The van der Waals surface area contributed by atoms with Gasteiger partial charge < -0.3 is 4.74 Å². The molecule has 2 aromatic rings. The second kappa shape index (κ2) is 4.39. The van der Waals surface area contributed by atoms with Gasteiger partial charge in [0, 0.05) is 10.7 Å². The third-order valence-electron chi connectivity index (χ3n) is 1.80. The Labute approximate surface area is 94.6 Å². The van der Waals surface area contributed by atoms with E-state index in [-0.39, 0.29) is 0 Å². The van der Waals surface area contributed by atoms with Crippen molar-refractivity contribution in [3.05, 3.63) is 34.3 Å². The Hall–Kier alpha value is -1.43. The first-order chi connectivity index (χ1) is 7.25. The third-order valence-corrected chi connectivity index (χ3v) is 2.24. The first kappa shape index (κ1) is 10.1. The molecule has 78 valence electrons. The zero-order valence-corrected chi connectivity index (χ0v) is 9.56. The van der Waals surface area contributed by atoms with Crippen LogP contribution in [0.25, 0.3) is 0 Å². The molecule has 0 aliphatic carbocycles. The van der Waals surface area contributed by atoms with Gasteiger partial charge in [-0.15, -0.1) is 0 Å². The zero-order valence-electron chi connectivity index (χ0n) is 7.98. The van der Waals surface area contributed by atoms with E-state index in [4.69, 9.17) is 4.74 Å². The second-order valence-electron chi connectivity index (χ2n) is 2.92. The van der Waals surface area contributed by atoms with Gasteiger partial charge in [-0.25, -0.2) is 4.63 Å². The van der Waals surface area contributed by atoms with Crippen LogP contribution in [0, 0.1) is 6.92 Å². The number of nitrogens with zero attached hydrogens (tertiary/aromatic N) is 3. The minimum absolute atomic E-state index is 0.327. The van der Waals surface area contributed by atoms with Gasteiger partial charge in [-0.1, -0.05) is 10.3 Å². The van der Waals surface area contributed by atoms with Crippen molar-refractivity contribution in [1.29, 1.82) is 0 Å². The van der Waals surface area contributed by atoms with Crippen LogP contribution in [0.15, 0.2) is 27.6 Å². The minimum atomic E-state index is 0.327. The summed E-state index contributed by atoms with van der Waals surface area (Å²) in [7, 11) is 0. The lowest BCUT2D eigenvalue weighted by atomic mass is 10.4. The van der Waals surface area contributed by atoms with Crippen molar-refractivity contribution >= 4 is 15.9 Å². The number of halogens is 1. The number of pyridine rings is 1. The Morgan fingerprint density at radius 1 is 1.40 bits per heavy atom. The van der Waals surface area contributed by atoms with E-state index in [0.717, 1.165) is 10.2 Å². The topological polar surface area (TPSA) is 61.0 Å². The second-order valence-corrected chi connectivity index (χ2v) is 3.84. The fraction of sp³-hybridized carbons (Fsp3) is 0.222. The Balaban J connectivity index is 2.02. The summed E-state index contributed by atoms with van der Waals surface area (Å²) in [6.07, 6.45) is 3.32. The Kier molecular flexibility index (Phi) is 2.96. The number of hydrogen-bond donors (Lipinski definition) is 0. The normalized spacial score (nSPS) is 10.3. The summed E-state index contributed by atoms with van der Waals surface area (Å²) in [5.74, 6) is 0.673. The SMILES string of the molecule is Cc1nonc1COc1cncc(Br)c1. The highest BCUT2D eigenvalue weighted by molar-refractivity contribution is 9.10. The molecule has 0 aliphatic rings. The average molecular weight is 270 g/mol. The van der Waals surface area contributed by atoms with Gasteiger partial charge in [0.25, 0.3) is 0 Å². The van der Waals surface area contributed by atoms with Crippen molar-refractivity contribution in [2.75, 3.05) is 0 Å². The molecule has 0 aromatic carbocycles. The molecule has 0 aliphatic heterocycles. The smallest absolute Gasteiger partial charge is 0.145 e. The molecule has 0 fully saturated rings. The maximum absolute atomic E-state index is 5.46. The zero-order chi connectivity index (χ0) is 10.7. The van der Waals surface area contributed by atoms with Crippen molar-refractivity contribution in [3.8, 4) is 5.75 Å². The van der Waals surface area contributed by atoms with Crippen molar-refractivity contribution < 1.29 is 9.37 Å². The van der Waals surface area contributed by atoms with E-state index < -0.39 is 0 Å². The predicted molar refractivity (Wildman–Crippen MR) is 55.3 cm³/mol. The van der Waals surface area contributed by atoms with Crippen LogP contribution in [-0.2, 0) is 6.61 Å². The van der Waals surface area contributed by atoms with Gasteiger partial charge >= 0.3 is 0 Å². The van der Waals surface area contributed by atoms with E-state index in [1.165, 1.54) is 0 Å². The van der Waals surface area contributed by atoms with E-state index in [9.17, 15) is 0 Å². The van der Waals surface area contributed by atoms with Gasteiger partial charge in [0.05, 0.1) is 6.20 Å². The molecule has 0 saturated carbocycles. The van der Waals surface area contributed by atoms with Gasteiger partial charge in [-0.2, -0.15) is 0 Å². The van der Waals surface area contributed by atoms with Crippen LogP contribution in [0.1, 0.15) is 11.4 Å². The molecular weight excluding hydrogens is 262 g/mol. The van der Waals surface area contributed by atoms with Gasteiger partial charge in [-0.05, 0) is 28.9 Å². The van der Waals surface area contributed by atoms with E-state index >= 15 is 0 Å². The van der Waals surface area contributed by atoms with E-state index in [0.29, 0.717) is 18.1 Å². The van der Waals surface area contributed by atoms with E-state index in [1.54, 1.807) is 12.4 Å². The average Bonchev–Trinajstić information content (AvgIpc) is 2.61. The number of ether oxygens (including phenoxy) is 1. The summed E-state index contributed by atoms with van der Waals surface area (Å²) in [6, 6.07) is 1.83. The quantitative estimate of drug-likeness (QED) is 0.854. The van der Waals surface area contributed by atoms with Crippen molar-refractivity contribution in [2.45, 2.75) is 13.5 Å². The van der Waals surface area contributed by atoms with E-state index in [2.05, 4.69) is 35.9 Å². The summed E-state index contributed by atoms with van der Waals surface area (Å²) in [5, 5.41) is 7.37.